The fraction of sp³-hybridized carbons (Fsp3) is 0.455. The maximum Gasteiger partial charge on any atom is 0.147 e. The summed E-state index contributed by atoms with van der Waals surface area (Å²) in [5, 5.41) is 0. The molecule has 0 saturated heterocycles. The second kappa shape index (κ2) is 4.86. The van der Waals surface area contributed by atoms with Crippen molar-refractivity contribution in [2.45, 2.75) is 26.5 Å². The normalized spacial score (nSPS) is 12.3. The average molecular weight is 195 g/mol. The molecule has 1 unspecified atom stereocenters. The Morgan fingerprint density at radius 2 is 1.93 bits per heavy atom. The van der Waals surface area contributed by atoms with E-state index in [2.05, 4.69) is 0 Å². The van der Waals surface area contributed by atoms with Gasteiger partial charge in [0.2, 0.25) is 0 Å². The minimum atomic E-state index is -0.249. The highest BCUT2D eigenvalue weighted by Gasteiger charge is 2.03. The Morgan fingerprint density at radius 1 is 1.29 bits per heavy atom. The van der Waals surface area contributed by atoms with Crippen molar-refractivity contribution in [3.63, 3.8) is 0 Å². The molecule has 0 aliphatic heterocycles. The van der Waals surface area contributed by atoms with Crippen LogP contribution in [0.2, 0.25) is 0 Å². The van der Waals surface area contributed by atoms with Crippen LogP contribution >= 0.6 is 0 Å². The highest BCUT2D eigenvalue weighted by atomic mass is 16.5. The van der Waals surface area contributed by atoms with Crippen molar-refractivity contribution in [3.05, 3.63) is 23.8 Å². The lowest BCUT2D eigenvalue weighted by atomic mass is 10.2. The van der Waals surface area contributed by atoms with Crippen molar-refractivity contribution in [1.29, 1.82) is 0 Å². The lowest BCUT2D eigenvalue weighted by molar-refractivity contribution is 0.204. The van der Waals surface area contributed by atoms with Crippen LogP contribution in [-0.4, -0.2) is 13.3 Å². The molecule has 0 aromatic heterocycles. The molecular weight excluding hydrogens is 178 g/mol. The molecule has 1 atom stereocenters. The van der Waals surface area contributed by atoms with Gasteiger partial charge in [-0.1, -0.05) is 6.92 Å². The van der Waals surface area contributed by atoms with Gasteiger partial charge in [0.25, 0.3) is 0 Å². The van der Waals surface area contributed by atoms with Crippen LogP contribution in [0.1, 0.15) is 18.9 Å². The van der Waals surface area contributed by atoms with E-state index < -0.39 is 0 Å². The molecule has 0 spiro atoms. The first-order valence-corrected chi connectivity index (χ1v) is 4.73. The summed E-state index contributed by atoms with van der Waals surface area (Å²) in [7, 11) is 1.64. The molecule has 0 aliphatic carbocycles. The van der Waals surface area contributed by atoms with Crippen LogP contribution in [-0.2, 0) is 0 Å². The predicted molar refractivity (Wildman–Crippen MR) is 56.6 cm³/mol. The summed E-state index contributed by atoms with van der Waals surface area (Å²) in [5.74, 6) is 1.56. The minimum absolute atomic E-state index is 0.249. The lowest BCUT2D eigenvalue weighted by Gasteiger charge is -2.13. The molecule has 78 valence electrons. The fourth-order valence-corrected chi connectivity index (χ4v) is 1.16. The second-order valence-corrected chi connectivity index (χ2v) is 3.25. The number of hydrogen-bond acceptors (Lipinski definition) is 3. The van der Waals surface area contributed by atoms with Crippen molar-refractivity contribution in [2.24, 2.45) is 5.73 Å². The van der Waals surface area contributed by atoms with Gasteiger partial charge >= 0.3 is 0 Å². The highest BCUT2D eigenvalue weighted by molar-refractivity contribution is 5.37. The van der Waals surface area contributed by atoms with Crippen molar-refractivity contribution in [1.82, 2.24) is 0 Å². The number of benzene rings is 1. The Kier molecular flexibility index (Phi) is 3.77. The van der Waals surface area contributed by atoms with Gasteiger partial charge in [-0.3, -0.25) is 5.73 Å². The van der Waals surface area contributed by atoms with Gasteiger partial charge in [-0.25, -0.2) is 0 Å². The number of ether oxygens (including phenoxy) is 2. The molecule has 0 bridgehead atoms. The van der Waals surface area contributed by atoms with Crippen LogP contribution in [0, 0.1) is 6.92 Å². The summed E-state index contributed by atoms with van der Waals surface area (Å²) in [4.78, 5) is 0. The number of nitrogens with two attached hydrogens (primary N) is 1. The Hall–Kier alpha value is -1.22. The molecule has 3 nitrogen and oxygen atoms in total. The van der Waals surface area contributed by atoms with E-state index in [1.165, 1.54) is 0 Å². The standard InChI is InChI=1S/C11H17NO2/c1-4-11(12)14-10-6-8(2)5-9(7-10)13-3/h5-7,11H,4,12H2,1-3H3. The van der Waals surface area contributed by atoms with Gasteiger partial charge in [-0.2, -0.15) is 0 Å². The van der Waals surface area contributed by atoms with Crippen molar-refractivity contribution in [2.75, 3.05) is 7.11 Å². The maximum absolute atomic E-state index is 5.68. The molecule has 3 heteroatoms. The topological polar surface area (TPSA) is 44.5 Å². The van der Waals surface area contributed by atoms with E-state index in [1.54, 1.807) is 7.11 Å². The monoisotopic (exact) mass is 195 g/mol. The van der Waals surface area contributed by atoms with E-state index in [0.29, 0.717) is 0 Å². The van der Waals surface area contributed by atoms with Crippen molar-refractivity contribution in [3.8, 4) is 11.5 Å². The van der Waals surface area contributed by atoms with E-state index >= 15 is 0 Å². The summed E-state index contributed by atoms with van der Waals surface area (Å²) in [5.41, 5.74) is 6.78. The zero-order valence-electron chi connectivity index (χ0n) is 8.91. The Labute approximate surface area is 84.8 Å². The first-order chi connectivity index (χ1) is 6.65. The number of aryl methyl sites for hydroxylation is 1. The van der Waals surface area contributed by atoms with E-state index in [9.17, 15) is 0 Å². The summed E-state index contributed by atoms with van der Waals surface area (Å²) in [6.07, 6.45) is 0.539. The van der Waals surface area contributed by atoms with E-state index in [-0.39, 0.29) is 6.23 Å². The summed E-state index contributed by atoms with van der Waals surface area (Å²) in [6, 6.07) is 5.73. The molecule has 0 fully saturated rings. The molecular formula is C11H17NO2. The van der Waals surface area contributed by atoms with Crippen molar-refractivity contribution >= 4 is 0 Å². The van der Waals surface area contributed by atoms with Crippen LogP contribution in [0.3, 0.4) is 0 Å². The number of hydrogen-bond donors (Lipinski definition) is 1. The third-order valence-electron chi connectivity index (χ3n) is 1.95. The van der Waals surface area contributed by atoms with Gasteiger partial charge in [-0.05, 0) is 31.0 Å². The number of methoxy groups -OCH3 is 1. The van der Waals surface area contributed by atoms with Crippen LogP contribution in [0.25, 0.3) is 0 Å². The third kappa shape index (κ3) is 2.92. The molecule has 1 aromatic carbocycles. The average Bonchev–Trinajstić information content (AvgIpc) is 2.16. The van der Waals surface area contributed by atoms with Crippen LogP contribution in [0.15, 0.2) is 18.2 Å². The zero-order chi connectivity index (χ0) is 10.6. The second-order valence-electron chi connectivity index (χ2n) is 3.25. The minimum Gasteiger partial charge on any atom is -0.497 e. The smallest absolute Gasteiger partial charge is 0.147 e. The van der Waals surface area contributed by atoms with Gasteiger partial charge in [0, 0.05) is 6.07 Å². The molecule has 14 heavy (non-hydrogen) atoms. The Bertz CT molecular complexity index is 299. The first-order valence-electron chi connectivity index (χ1n) is 4.73. The summed E-state index contributed by atoms with van der Waals surface area (Å²) in [6.45, 7) is 3.98. The van der Waals surface area contributed by atoms with Crippen molar-refractivity contribution < 1.29 is 9.47 Å². The molecule has 0 aliphatic rings. The van der Waals surface area contributed by atoms with E-state index in [1.807, 2.05) is 32.0 Å². The quantitative estimate of drug-likeness (QED) is 0.748. The third-order valence-corrected chi connectivity index (χ3v) is 1.95. The molecule has 1 rings (SSSR count). The molecule has 0 saturated carbocycles. The van der Waals surface area contributed by atoms with Crippen LogP contribution in [0.4, 0.5) is 0 Å². The Morgan fingerprint density at radius 3 is 2.50 bits per heavy atom. The lowest BCUT2D eigenvalue weighted by Crippen LogP contribution is -2.25. The molecule has 0 amide bonds. The molecule has 0 radical (unpaired) electrons. The summed E-state index contributed by atoms with van der Waals surface area (Å²) >= 11 is 0. The predicted octanol–water partition coefficient (Wildman–Crippen LogP) is 2.08. The highest BCUT2D eigenvalue weighted by Crippen LogP contribution is 2.22. The van der Waals surface area contributed by atoms with E-state index in [4.69, 9.17) is 15.2 Å². The zero-order valence-corrected chi connectivity index (χ0v) is 8.91. The molecule has 0 heterocycles. The van der Waals surface area contributed by atoms with Crippen LogP contribution < -0.4 is 15.2 Å². The molecule has 1 aromatic rings. The molecule has 2 N–H and O–H groups in total. The summed E-state index contributed by atoms with van der Waals surface area (Å²) < 4.78 is 10.6. The van der Waals surface area contributed by atoms with Gasteiger partial charge < -0.3 is 9.47 Å². The van der Waals surface area contributed by atoms with E-state index in [0.717, 1.165) is 23.5 Å². The van der Waals surface area contributed by atoms with Crippen LogP contribution in [0.5, 0.6) is 11.5 Å². The first kappa shape index (κ1) is 10.9. The van der Waals surface area contributed by atoms with Gasteiger partial charge in [0.15, 0.2) is 0 Å². The Balaban J connectivity index is 2.81. The van der Waals surface area contributed by atoms with Gasteiger partial charge in [0.05, 0.1) is 7.11 Å². The van der Waals surface area contributed by atoms with Gasteiger partial charge in [-0.15, -0.1) is 0 Å². The maximum atomic E-state index is 5.68. The largest absolute Gasteiger partial charge is 0.497 e. The van der Waals surface area contributed by atoms with Gasteiger partial charge in [0.1, 0.15) is 17.7 Å². The number of rotatable bonds is 4. The SMILES string of the molecule is CCC(N)Oc1cc(C)cc(OC)c1. The fourth-order valence-electron chi connectivity index (χ4n) is 1.16.